The van der Waals surface area contributed by atoms with Crippen LogP contribution in [0.2, 0.25) is 5.02 Å². The third-order valence-electron chi connectivity index (χ3n) is 2.46. The molecule has 1 aliphatic carbocycles. The number of carbonyl (C=O) groups excluding carboxylic acids is 1. The highest BCUT2D eigenvalue weighted by Crippen LogP contribution is 2.25. The summed E-state index contributed by atoms with van der Waals surface area (Å²) in [6.45, 7) is 0. The molecule has 0 heterocycles. The number of hydrogen-bond acceptors (Lipinski definition) is 4. The lowest BCUT2D eigenvalue weighted by atomic mass is 10.3. The van der Waals surface area contributed by atoms with Gasteiger partial charge in [0.05, 0.1) is 5.69 Å². The summed E-state index contributed by atoms with van der Waals surface area (Å²) in [6, 6.07) is 1.05. The van der Waals surface area contributed by atoms with Crippen molar-refractivity contribution in [3.05, 3.63) is 23.0 Å². The average molecular weight is 308 g/mol. The van der Waals surface area contributed by atoms with E-state index in [1.165, 1.54) is 0 Å². The number of anilines is 1. The molecule has 1 aromatic rings. The summed E-state index contributed by atoms with van der Waals surface area (Å²) in [7, 11) is -4.35. The lowest BCUT2D eigenvalue weighted by Crippen LogP contribution is -2.40. The number of nitrogen functional groups attached to an aromatic ring is 1. The monoisotopic (exact) mass is 307 g/mol. The molecule has 1 aromatic carbocycles. The van der Waals surface area contributed by atoms with Crippen LogP contribution >= 0.6 is 11.6 Å². The van der Waals surface area contributed by atoms with Gasteiger partial charge in [-0.25, -0.2) is 22.3 Å². The summed E-state index contributed by atoms with van der Waals surface area (Å²) in [5.74, 6) is -1.14. The van der Waals surface area contributed by atoms with Crippen LogP contribution in [-0.4, -0.2) is 20.5 Å². The van der Waals surface area contributed by atoms with E-state index >= 15 is 0 Å². The van der Waals surface area contributed by atoms with Gasteiger partial charge in [-0.05, 0) is 25.0 Å². The molecule has 0 radical (unpaired) electrons. The summed E-state index contributed by atoms with van der Waals surface area (Å²) in [6.07, 6.45) is 1.60. The maximum atomic E-state index is 13.7. The van der Waals surface area contributed by atoms with Gasteiger partial charge in [0.25, 0.3) is 10.0 Å². The van der Waals surface area contributed by atoms with Gasteiger partial charge in [0, 0.05) is 11.1 Å². The van der Waals surface area contributed by atoms with Crippen molar-refractivity contribution in [1.29, 1.82) is 0 Å². The number of carbonyl (C=O) groups is 1. The summed E-state index contributed by atoms with van der Waals surface area (Å²) >= 11 is 5.62. The van der Waals surface area contributed by atoms with Crippen molar-refractivity contribution in [1.82, 2.24) is 10.0 Å². The molecule has 0 saturated heterocycles. The number of rotatable bonds is 3. The van der Waals surface area contributed by atoms with Crippen molar-refractivity contribution in [2.45, 2.75) is 23.8 Å². The van der Waals surface area contributed by atoms with Crippen molar-refractivity contribution in [2.24, 2.45) is 0 Å². The first kappa shape index (κ1) is 13.9. The number of halogens is 2. The quantitative estimate of drug-likeness (QED) is 0.731. The molecule has 2 rings (SSSR count). The topological polar surface area (TPSA) is 101 Å². The Labute approximate surface area is 114 Å². The number of benzene rings is 1. The standard InChI is InChI=1S/C10H11ClFN3O3S/c11-5-3-7(13)9(12)8(4-5)19(17,18)15-10(16)14-6-1-2-6/h3-4,6H,1-2,13H2,(H2,14,15,16). The molecule has 6 nitrogen and oxygen atoms in total. The lowest BCUT2D eigenvalue weighted by molar-refractivity contribution is 0.245. The Hall–Kier alpha value is -1.54. The van der Waals surface area contributed by atoms with Crippen molar-refractivity contribution >= 4 is 33.3 Å². The predicted molar refractivity (Wildman–Crippen MR) is 67.7 cm³/mol. The smallest absolute Gasteiger partial charge is 0.328 e. The van der Waals surface area contributed by atoms with E-state index in [0.29, 0.717) is 0 Å². The minimum Gasteiger partial charge on any atom is -0.396 e. The molecule has 0 aliphatic heterocycles. The van der Waals surface area contributed by atoms with E-state index < -0.39 is 32.5 Å². The van der Waals surface area contributed by atoms with Gasteiger partial charge in [0.1, 0.15) is 4.90 Å². The Morgan fingerprint density at radius 3 is 2.63 bits per heavy atom. The van der Waals surface area contributed by atoms with Gasteiger partial charge in [-0.1, -0.05) is 11.6 Å². The zero-order valence-electron chi connectivity index (χ0n) is 9.61. The highest BCUT2D eigenvalue weighted by molar-refractivity contribution is 7.90. The number of amides is 2. The van der Waals surface area contributed by atoms with E-state index in [0.717, 1.165) is 25.0 Å². The first-order valence-corrected chi connectivity index (χ1v) is 7.23. The van der Waals surface area contributed by atoms with Crippen LogP contribution in [-0.2, 0) is 10.0 Å². The van der Waals surface area contributed by atoms with Gasteiger partial charge in [0.2, 0.25) is 0 Å². The van der Waals surface area contributed by atoms with Crippen LogP contribution in [0.15, 0.2) is 17.0 Å². The Bertz CT molecular complexity index is 631. The molecule has 104 valence electrons. The molecule has 1 fully saturated rings. The number of nitrogens with one attached hydrogen (secondary N) is 2. The Kier molecular flexibility index (Phi) is 3.55. The van der Waals surface area contributed by atoms with Crippen LogP contribution in [0.5, 0.6) is 0 Å². The highest BCUT2D eigenvalue weighted by Gasteiger charge is 2.28. The normalized spacial score (nSPS) is 15.1. The fourth-order valence-electron chi connectivity index (χ4n) is 1.40. The molecule has 0 unspecified atom stereocenters. The molecule has 9 heteroatoms. The Balaban J connectivity index is 2.25. The number of nitrogens with two attached hydrogens (primary N) is 1. The molecule has 0 bridgehead atoms. The van der Waals surface area contributed by atoms with Gasteiger partial charge in [-0.15, -0.1) is 0 Å². The largest absolute Gasteiger partial charge is 0.396 e. The van der Waals surface area contributed by atoms with E-state index in [4.69, 9.17) is 17.3 Å². The molecule has 2 amide bonds. The van der Waals surface area contributed by atoms with E-state index in [-0.39, 0.29) is 11.1 Å². The SMILES string of the molecule is Nc1cc(Cl)cc(S(=O)(=O)NC(=O)NC2CC2)c1F. The molecular formula is C10H11ClFN3O3S. The summed E-state index contributed by atoms with van der Waals surface area (Å²) in [4.78, 5) is 10.6. The summed E-state index contributed by atoms with van der Waals surface area (Å²) in [5, 5.41) is 2.37. The van der Waals surface area contributed by atoms with Gasteiger partial charge < -0.3 is 11.1 Å². The zero-order chi connectivity index (χ0) is 14.2. The summed E-state index contributed by atoms with van der Waals surface area (Å²) in [5.41, 5.74) is 4.88. The number of urea groups is 1. The maximum absolute atomic E-state index is 13.7. The third kappa shape index (κ3) is 3.27. The van der Waals surface area contributed by atoms with Gasteiger partial charge in [-0.2, -0.15) is 0 Å². The van der Waals surface area contributed by atoms with Crippen LogP contribution in [0, 0.1) is 5.82 Å². The molecule has 1 aliphatic rings. The Morgan fingerprint density at radius 1 is 1.42 bits per heavy atom. The molecule has 0 aromatic heterocycles. The minimum absolute atomic E-state index is 0.0236. The molecular weight excluding hydrogens is 297 g/mol. The molecule has 4 N–H and O–H groups in total. The van der Waals surface area contributed by atoms with Crippen LogP contribution in [0.1, 0.15) is 12.8 Å². The first-order valence-electron chi connectivity index (χ1n) is 5.37. The maximum Gasteiger partial charge on any atom is 0.328 e. The van der Waals surface area contributed by atoms with Gasteiger partial charge in [0.15, 0.2) is 5.82 Å². The second-order valence-electron chi connectivity index (χ2n) is 4.16. The highest BCUT2D eigenvalue weighted by atomic mass is 35.5. The minimum atomic E-state index is -4.35. The number of hydrogen-bond donors (Lipinski definition) is 3. The van der Waals surface area contributed by atoms with Crippen molar-refractivity contribution in [3.63, 3.8) is 0 Å². The van der Waals surface area contributed by atoms with Gasteiger partial charge >= 0.3 is 6.03 Å². The first-order chi connectivity index (χ1) is 8.79. The second kappa shape index (κ2) is 4.86. The molecule has 19 heavy (non-hydrogen) atoms. The lowest BCUT2D eigenvalue weighted by Gasteiger charge is -2.10. The fourth-order valence-corrected chi connectivity index (χ4v) is 2.74. The molecule has 0 atom stereocenters. The Morgan fingerprint density at radius 2 is 2.05 bits per heavy atom. The van der Waals surface area contributed by atoms with Crippen LogP contribution in [0.3, 0.4) is 0 Å². The summed E-state index contributed by atoms with van der Waals surface area (Å²) < 4.78 is 39.1. The van der Waals surface area contributed by atoms with Crippen LogP contribution < -0.4 is 15.8 Å². The van der Waals surface area contributed by atoms with E-state index in [9.17, 15) is 17.6 Å². The van der Waals surface area contributed by atoms with Crippen LogP contribution in [0.25, 0.3) is 0 Å². The van der Waals surface area contributed by atoms with E-state index in [1.807, 2.05) is 0 Å². The fraction of sp³-hybridized carbons (Fsp3) is 0.300. The van der Waals surface area contributed by atoms with Crippen molar-refractivity contribution in [2.75, 3.05) is 5.73 Å². The van der Waals surface area contributed by atoms with Crippen molar-refractivity contribution < 1.29 is 17.6 Å². The van der Waals surface area contributed by atoms with E-state index in [1.54, 1.807) is 4.72 Å². The third-order valence-corrected chi connectivity index (χ3v) is 4.01. The number of sulfonamides is 1. The van der Waals surface area contributed by atoms with Gasteiger partial charge in [-0.3, -0.25) is 0 Å². The second-order valence-corrected chi connectivity index (χ2v) is 6.25. The van der Waals surface area contributed by atoms with E-state index in [2.05, 4.69) is 5.32 Å². The molecule has 1 saturated carbocycles. The van der Waals surface area contributed by atoms with Crippen LogP contribution in [0.4, 0.5) is 14.9 Å². The zero-order valence-corrected chi connectivity index (χ0v) is 11.2. The molecule has 0 spiro atoms. The predicted octanol–water partition coefficient (Wildman–Crippen LogP) is 1.21. The van der Waals surface area contributed by atoms with Crippen molar-refractivity contribution in [3.8, 4) is 0 Å². The average Bonchev–Trinajstić information content (AvgIpc) is 3.05.